The summed E-state index contributed by atoms with van der Waals surface area (Å²) >= 11 is 3.38. The number of benzene rings is 1. The molecule has 0 saturated carbocycles. The zero-order valence-corrected chi connectivity index (χ0v) is 14.8. The number of carbonyl (C=O) groups excluding carboxylic acids is 2. The Morgan fingerprint density at radius 1 is 1.17 bits per heavy atom. The van der Waals surface area contributed by atoms with E-state index >= 15 is 0 Å². The second-order valence-corrected chi connectivity index (χ2v) is 7.06. The molecule has 2 aromatic rings. The Bertz CT molecular complexity index is 639. The second-order valence-electron chi connectivity index (χ2n) is 5.21. The van der Waals surface area contributed by atoms with Crippen LogP contribution in [0.5, 0.6) is 0 Å². The molecule has 0 bridgehead atoms. The minimum Gasteiger partial charge on any atom is -0.347 e. The van der Waals surface area contributed by atoms with E-state index in [0.717, 1.165) is 5.75 Å². The van der Waals surface area contributed by atoms with E-state index in [1.807, 2.05) is 55.0 Å². The van der Waals surface area contributed by atoms with E-state index < -0.39 is 11.8 Å². The summed E-state index contributed by atoms with van der Waals surface area (Å²) in [5, 5.41) is 7.29. The number of thiophene rings is 1. The molecule has 0 aliphatic heterocycles. The number of thioether (sulfide) groups is 1. The number of hydrogen-bond acceptors (Lipinski definition) is 4. The fourth-order valence-electron chi connectivity index (χ4n) is 2.04. The Kier molecular flexibility index (Phi) is 6.67. The predicted octanol–water partition coefficient (Wildman–Crippen LogP) is 3.47. The molecule has 2 rings (SSSR count). The molecule has 4 nitrogen and oxygen atoms in total. The molecule has 1 aromatic heterocycles. The van der Waals surface area contributed by atoms with Crippen LogP contribution in [0.25, 0.3) is 0 Å². The molecule has 122 valence electrons. The van der Waals surface area contributed by atoms with Gasteiger partial charge in [0.2, 0.25) is 0 Å². The monoisotopic (exact) mass is 348 g/mol. The van der Waals surface area contributed by atoms with Crippen molar-refractivity contribution in [3.05, 3.63) is 52.2 Å². The summed E-state index contributed by atoms with van der Waals surface area (Å²) in [7, 11) is 0. The standard InChI is InChI=1S/C17H20N2O2S2/c1-12(15-4-3-9-23-15)10-18-16(20)17(21)19-14-7-5-13(6-8-14)11-22-2/h3-9,12H,10-11H2,1-2H3,(H,18,20)(H,19,21)/t12-/m0/s1. The van der Waals surface area contributed by atoms with Crippen molar-refractivity contribution >= 4 is 40.6 Å². The SMILES string of the molecule is CSCc1ccc(NC(=O)C(=O)NC[C@H](C)c2cccs2)cc1. The van der Waals surface area contributed by atoms with Crippen LogP contribution in [-0.2, 0) is 15.3 Å². The average molecular weight is 348 g/mol. The molecule has 1 heterocycles. The highest BCUT2D eigenvalue weighted by Gasteiger charge is 2.15. The van der Waals surface area contributed by atoms with Gasteiger partial charge in [-0.1, -0.05) is 25.1 Å². The maximum absolute atomic E-state index is 11.9. The quantitative estimate of drug-likeness (QED) is 0.786. The van der Waals surface area contributed by atoms with Crippen LogP contribution in [0.1, 0.15) is 23.3 Å². The summed E-state index contributed by atoms with van der Waals surface area (Å²) < 4.78 is 0. The van der Waals surface area contributed by atoms with Crippen molar-refractivity contribution in [1.82, 2.24) is 5.32 Å². The maximum atomic E-state index is 11.9. The number of amides is 2. The first-order chi connectivity index (χ1) is 11.1. The maximum Gasteiger partial charge on any atom is 0.313 e. The van der Waals surface area contributed by atoms with Crippen LogP contribution in [0.15, 0.2) is 41.8 Å². The van der Waals surface area contributed by atoms with Crippen LogP contribution < -0.4 is 10.6 Å². The molecule has 0 radical (unpaired) electrons. The van der Waals surface area contributed by atoms with Gasteiger partial charge < -0.3 is 10.6 Å². The van der Waals surface area contributed by atoms with Crippen LogP contribution in [0, 0.1) is 0 Å². The Hall–Kier alpha value is -1.79. The number of hydrogen-bond donors (Lipinski definition) is 2. The van der Waals surface area contributed by atoms with Crippen molar-refractivity contribution in [2.75, 3.05) is 18.1 Å². The third kappa shape index (κ3) is 5.41. The van der Waals surface area contributed by atoms with Crippen LogP contribution in [0.4, 0.5) is 5.69 Å². The second kappa shape index (κ2) is 8.74. The first kappa shape index (κ1) is 17.6. The summed E-state index contributed by atoms with van der Waals surface area (Å²) in [6.45, 7) is 2.47. The first-order valence-corrected chi connectivity index (χ1v) is 9.58. The lowest BCUT2D eigenvalue weighted by molar-refractivity contribution is -0.136. The van der Waals surface area contributed by atoms with Gasteiger partial charge in [-0.05, 0) is 35.4 Å². The number of anilines is 1. The van der Waals surface area contributed by atoms with Crippen molar-refractivity contribution in [1.29, 1.82) is 0 Å². The van der Waals surface area contributed by atoms with Gasteiger partial charge in [-0.15, -0.1) is 11.3 Å². The number of carbonyl (C=O) groups is 2. The highest BCUT2D eigenvalue weighted by atomic mass is 32.2. The van der Waals surface area contributed by atoms with Gasteiger partial charge in [-0.3, -0.25) is 9.59 Å². The van der Waals surface area contributed by atoms with E-state index in [2.05, 4.69) is 10.6 Å². The summed E-state index contributed by atoms with van der Waals surface area (Å²) in [6, 6.07) is 11.5. The summed E-state index contributed by atoms with van der Waals surface area (Å²) in [5.41, 5.74) is 1.81. The molecule has 0 aliphatic rings. The summed E-state index contributed by atoms with van der Waals surface area (Å²) in [5.74, 6) is -0.129. The highest BCUT2D eigenvalue weighted by molar-refractivity contribution is 7.97. The van der Waals surface area contributed by atoms with E-state index in [0.29, 0.717) is 12.2 Å². The van der Waals surface area contributed by atoms with E-state index in [1.165, 1.54) is 10.4 Å². The first-order valence-electron chi connectivity index (χ1n) is 7.30. The molecule has 2 amide bonds. The molecule has 0 fully saturated rings. The molecule has 23 heavy (non-hydrogen) atoms. The van der Waals surface area contributed by atoms with Gasteiger partial charge in [0, 0.05) is 28.8 Å². The van der Waals surface area contributed by atoms with Gasteiger partial charge in [0.1, 0.15) is 0 Å². The van der Waals surface area contributed by atoms with Crippen LogP contribution in [0.3, 0.4) is 0 Å². The van der Waals surface area contributed by atoms with Crippen molar-refractivity contribution in [3.63, 3.8) is 0 Å². The molecular weight excluding hydrogens is 328 g/mol. The highest BCUT2D eigenvalue weighted by Crippen LogP contribution is 2.19. The van der Waals surface area contributed by atoms with Crippen LogP contribution in [0.2, 0.25) is 0 Å². The molecule has 2 N–H and O–H groups in total. The van der Waals surface area contributed by atoms with Gasteiger partial charge in [0.25, 0.3) is 0 Å². The lowest BCUT2D eigenvalue weighted by Crippen LogP contribution is -2.37. The van der Waals surface area contributed by atoms with E-state index in [4.69, 9.17) is 0 Å². The number of nitrogens with one attached hydrogen (secondary N) is 2. The van der Waals surface area contributed by atoms with E-state index in [1.54, 1.807) is 23.1 Å². The van der Waals surface area contributed by atoms with E-state index in [-0.39, 0.29) is 5.92 Å². The van der Waals surface area contributed by atoms with Crippen molar-refractivity contribution in [2.24, 2.45) is 0 Å². The van der Waals surface area contributed by atoms with Gasteiger partial charge >= 0.3 is 11.8 Å². The molecule has 0 unspecified atom stereocenters. The molecule has 0 saturated heterocycles. The van der Waals surface area contributed by atoms with Gasteiger partial charge in [-0.2, -0.15) is 11.8 Å². The minimum absolute atomic E-state index is 0.192. The third-order valence-electron chi connectivity index (χ3n) is 3.33. The fourth-order valence-corrected chi connectivity index (χ4v) is 3.35. The Morgan fingerprint density at radius 3 is 2.52 bits per heavy atom. The molecule has 0 spiro atoms. The fraction of sp³-hybridized carbons (Fsp3) is 0.294. The molecule has 0 aliphatic carbocycles. The average Bonchev–Trinajstić information content (AvgIpc) is 3.09. The Morgan fingerprint density at radius 2 is 1.91 bits per heavy atom. The predicted molar refractivity (Wildman–Crippen MR) is 98.0 cm³/mol. The van der Waals surface area contributed by atoms with Crippen LogP contribution >= 0.6 is 23.1 Å². The smallest absolute Gasteiger partial charge is 0.313 e. The normalized spacial score (nSPS) is 11.7. The molecule has 6 heteroatoms. The van der Waals surface area contributed by atoms with Gasteiger partial charge in [0.15, 0.2) is 0 Å². The molecular formula is C17H20N2O2S2. The van der Waals surface area contributed by atoms with Crippen LogP contribution in [-0.4, -0.2) is 24.6 Å². The number of rotatable bonds is 6. The topological polar surface area (TPSA) is 58.2 Å². The summed E-state index contributed by atoms with van der Waals surface area (Å²) in [4.78, 5) is 25.0. The zero-order chi connectivity index (χ0) is 16.7. The third-order valence-corrected chi connectivity index (χ3v) is 5.05. The minimum atomic E-state index is -0.638. The van der Waals surface area contributed by atoms with Crippen molar-refractivity contribution < 1.29 is 9.59 Å². The van der Waals surface area contributed by atoms with Crippen molar-refractivity contribution in [2.45, 2.75) is 18.6 Å². The molecule has 1 atom stereocenters. The van der Waals surface area contributed by atoms with Gasteiger partial charge in [0.05, 0.1) is 0 Å². The molecule has 1 aromatic carbocycles. The van der Waals surface area contributed by atoms with Gasteiger partial charge in [-0.25, -0.2) is 0 Å². The zero-order valence-electron chi connectivity index (χ0n) is 13.2. The summed E-state index contributed by atoms with van der Waals surface area (Å²) in [6.07, 6.45) is 2.04. The van der Waals surface area contributed by atoms with E-state index in [9.17, 15) is 9.59 Å². The Labute approximate surface area is 144 Å². The lowest BCUT2D eigenvalue weighted by Gasteiger charge is -2.11. The Balaban J connectivity index is 1.81. The lowest BCUT2D eigenvalue weighted by atomic mass is 10.1. The van der Waals surface area contributed by atoms with Crippen molar-refractivity contribution in [3.8, 4) is 0 Å². The largest absolute Gasteiger partial charge is 0.347 e.